The van der Waals surface area contributed by atoms with E-state index in [1.807, 2.05) is 17.7 Å². The lowest BCUT2D eigenvalue weighted by molar-refractivity contribution is 0.0699. The van der Waals surface area contributed by atoms with Crippen molar-refractivity contribution in [3.63, 3.8) is 0 Å². The molecule has 22 heavy (non-hydrogen) atoms. The summed E-state index contributed by atoms with van der Waals surface area (Å²) in [7, 11) is 1.85. The van der Waals surface area contributed by atoms with Crippen molar-refractivity contribution in [3.8, 4) is 5.75 Å². The molecular weight excluding hydrogens is 285 g/mol. The molecule has 0 unspecified atom stereocenters. The maximum atomic E-state index is 13.1. The van der Waals surface area contributed by atoms with E-state index in [-0.39, 0.29) is 18.0 Å². The van der Waals surface area contributed by atoms with Gasteiger partial charge in [-0.05, 0) is 30.3 Å². The number of fused-ring (bicyclic) bond motifs is 1. The summed E-state index contributed by atoms with van der Waals surface area (Å²) in [5, 5.41) is 9.90. The summed E-state index contributed by atoms with van der Waals surface area (Å²) in [6, 6.07) is 12.8. The summed E-state index contributed by atoms with van der Waals surface area (Å²) >= 11 is 0. The Hall–Kier alpha value is -2.82. The number of hydrogen-bond acceptors (Lipinski definition) is 2. The lowest BCUT2D eigenvalue weighted by Crippen LogP contribution is -2.01. The number of carboxylic acids is 1. The van der Waals surface area contributed by atoms with Crippen LogP contribution in [0.15, 0.2) is 48.5 Å². The van der Waals surface area contributed by atoms with Crippen molar-refractivity contribution in [2.75, 3.05) is 0 Å². The van der Waals surface area contributed by atoms with E-state index in [1.165, 1.54) is 12.1 Å². The van der Waals surface area contributed by atoms with Crippen molar-refractivity contribution >= 4 is 16.9 Å². The summed E-state index contributed by atoms with van der Waals surface area (Å²) in [5.74, 6) is -0.889. The molecule has 1 heterocycles. The van der Waals surface area contributed by atoms with Crippen LogP contribution in [0.1, 0.15) is 16.1 Å². The molecule has 4 nitrogen and oxygen atoms in total. The van der Waals surface area contributed by atoms with E-state index in [0.717, 1.165) is 11.2 Å². The molecule has 1 N–H and O–H groups in total. The second-order valence-corrected chi connectivity index (χ2v) is 4.98. The summed E-state index contributed by atoms with van der Waals surface area (Å²) in [6.45, 7) is 0.230. The third kappa shape index (κ3) is 2.53. The Morgan fingerprint density at radius 3 is 2.73 bits per heavy atom. The largest absolute Gasteiger partial charge is 0.487 e. The van der Waals surface area contributed by atoms with Gasteiger partial charge in [0.15, 0.2) is 0 Å². The van der Waals surface area contributed by atoms with E-state index in [2.05, 4.69) is 0 Å². The summed E-state index contributed by atoms with van der Waals surface area (Å²) in [5.41, 5.74) is 1.89. The van der Waals surface area contributed by atoms with Crippen LogP contribution in [0, 0.1) is 5.82 Å². The monoisotopic (exact) mass is 299 g/mol. The number of carboxylic acid groups (broad SMARTS) is 1. The molecule has 0 spiro atoms. The van der Waals surface area contributed by atoms with Crippen LogP contribution >= 0.6 is 0 Å². The van der Waals surface area contributed by atoms with Gasteiger partial charge in [-0.15, -0.1) is 0 Å². The van der Waals surface area contributed by atoms with Crippen molar-refractivity contribution in [2.24, 2.45) is 7.05 Å². The fourth-order valence-electron chi connectivity index (χ4n) is 2.45. The van der Waals surface area contributed by atoms with Crippen molar-refractivity contribution < 1.29 is 19.0 Å². The molecule has 5 heteroatoms. The number of carbonyl (C=O) groups is 1. The number of aryl methyl sites for hydroxylation is 1. The standard InChI is InChI=1S/C17H14FNO3/c1-19-12(10-22-13-5-2-4-11(18)8-13)9-15-14(17(20)21)6-3-7-16(15)19/h2-9H,10H2,1H3,(H,20,21). The Bertz CT molecular complexity index is 854. The minimum Gasteiger partial charge on any atom is -0.487 e. The molecule has 0 aliphatic rings. The second kappa shape index (κ2) is 5.52. The van der Waals surface area contributed by atoms with E-state index in [9.17, 15) is 14.3 Å². The lowest BCUT2D eigenvalue weighted by atomic mass is 10.1. The third-order valence-corrected chi connectivity index (χ3v) is 3.60. The predicted molar refractivity (Wildman–Crippen MR) is 80.6 cm³/mol. The molecule has 0 aliphatic heterocycles. The maximum absolute atomic E-state index is 13.1. The average molecular weight is 299 g/mol. The van der Waals surface area contributed by atoms with Gasteiger partial charge >= 0.3 is 5.97 Å². The number of ether oxygens (including phenoxy) is 1. The molecule has 0 saturated heterocycles. The second-order valence-electron chi connectivity index (χ2n) is 4.98. The molecule has 0 aliphatic carbocycles. The number of benzene rings is 2. The molecule has 1 aromatic heterocycles. The molecule has 0 radical (unpaired) electrons. The quantitative estimate of drug-likeness (QED) is 0.801. The molecule has 3 rings (SSSR count). The fourth-order valence-corrected chi connectivity index (χ4v) is 2.45. The summed E-state index contributed by atoms with van der Waals surface area (Å²) in [6.07, 6.45) is 0. The van der Waals surface area contributed by atoms with Gasteiger partial charge in [0.25, 0.3) is 0 Å². The van der Waals surface area contributed by atoms with Gasteiger partial charge < -0.3 is 14.4 Å². The number of aromatic nitrogens is 1. The van der Waals surface area contributed by atoms with E-state index >= 15 is 0 Å². The van der Waals surface area contributed by atoms with Gasteiger partial charge in [-0.2, -0.15) is 0 Å². The smallest absolute Gasteiger partial charge is 0.336 e. The minimum absolute atomic E-state index is 0.230. The van der Waals surface area contributed by atoms with Gasteiger partial charge in [-0.25, -0.2) is 9.18 Å². The third-order valence-electron chi connectivity index (χ3n) is 3.60. The van der Waals surface area contributed by atoms with Crippen molar-refractivity contribution in [3.05, 3.63) is 65.6 Å². The SMILES string of the molecule is Cn1c(COc2cccc(F)c2)cc2c(C(=O)O)cccc21. The maximum Gasteiger partial charge on any atom is 0.336 e. The molecule has 0 saturated carbocycles. The number of halogens is 1. The number of nitrogens with zero attached hydrogens (tertiary/aromatic N) is 1. The highest BCUT2D eigenvalue weighted by molar-refractivity contribution is 6.03. The summed E-state index contributed by atoms with van der Waals surface area (Å²) < 4.78 is 20.6. The van der Waals surface area contributed by atoms with Crippen LogP contribution in [0.2, 0.25) is 0 Å². The first kappa shape index (κ1) is 14.1. The van der Waals surface area contributed by atoms with E-state index in [1.54, 1.807) is 30.3 Å². The first-order valence-electron chi connectivity index (χ1n) is 6.75. The molecule has 0 fully saturated rings. The number of hydrogen-bond donors (Lipinski definition) is 1. The topological polar surface area (TPSA) is 51.5 Å². The highest BCUT2D eigenvalue weighted by Gasteiger charge is 2.13. The molecule has 2 aromatic carbocycles. The van der Waals surface area contributed by atoms with Crippen LogP contribution in [-0.2, 0) is 13.7 Å². The Morgan fingerprint density at radius 2 is 2.00 bits per heavy atom. The van der Waals surface area contributed by atoms with Gasteiger partial charge in [0, 0.05) is 24.0 Å². The zero-order valence-electron chi connectivity index (χ0n) is 11.9. The molecule has 3 aromatic rings. The zero-order chi connectivity index (χ0) is 15.7. The van der Waals surface area contributed by atoms with Crippen molar-refractivity contribution in [1.29, 1.82) is 0 Å². The van der Waals surface area contributed by atoms with Gasteiger partial charge in [0.2, 0.25) is 0 Å². The van der Waals surface area contributed by atoms with Crippen molar-refractivity contribution in [1.82, 2.24) is 4.57 Å². The van der Waals surface area contributed by atoms with Crippen LogP contribution in [0.3, 0.4) is 0 Å². The highest BCUT2D eigenvalue weighted by Crippen LogP contribution is 2.24. The lowest BCUT2D eigenvalue weighted by Gasteiger charge is -2.07. The average Bonchev–Trinajstić information content (AvgIpc) is 2.82. The van der Waals surface area contributed by atoms with Crippen LogP contribution in [-0.4, -0.2) is 15.6 Å². The fraction of sp³-hybridized carbons (Fsp3) is 0.118. The number of rotatable bonds is 4. The highest BCUT2D eigenvalue weighted by atomic mass is 19.1. The van der Waals surface area contributed by atoms with Crippen LogP contribution in [0.25, 0.3) is 10.9 Å². The Balaban J connectivity index is 1.93. The van der Waals surface area contributed by atoms with Crippen LogP contribution < -0.4 is 4.74 Å². The van der Waals surface area contributed by atoms with Gasteiger partial charge in [0.1, 0.15) is 18.2 Å². The zero-order valence-corrected chi connectivity index (χ0v) is 11.9. The first-order valence-corrected chi connectivity index (χ1v) is 6.75. The van der Waals surface area contributed by atoms with E-state index in [4.69, 9.17) is 4.74 Å². The minimum atomic E-state index is -0.964. The normalized spacial score (nSPS) is 10.8. The van der Waals surface area contributed by atoms with Crippen LogP contribution in [0.4, 0.5) is 4.39 Å². The Morgan fingerprint density at radius 1 is 1.23 bits per heavy atom. The van der Waals surface area contributed by atoms with E-state index in [0.29, 0.717) is 11.1 Å². The van der Waals surface area contributed by atoms with Gasteiger partial charge in [0.05, 0.1) is 11.3 Å². The Labute approximate surface area is 126 Å². The van der Waals surface area contributed by atoms with E-state index < -0.39 is 5.97 Å². The number of aromatic carboxylic acids is 1. The Kier molecular flexibility index (Phi) is 3.55. The predicted octanol–water partition coefficient (Wildman–Crippen LogP) is 3.59. The molecule has 0 bridgehead atoms. The molecule has 112 valence electrons. The van der Waals surface area contributed by atoms with Gasteiger partial charge in [-0.3, -0.25) is 0 Å². The molecule has 0 atom stereocenters. The molecular formula is C17H14FNO3. The summed E-state index contributed by atoms with van der Waals surface area (Å²) in [4.78, 5) is 11.3. The van der Waals surface area contributed by atoms with Crippen molar-refractivity contribution in [2.45, 2.75) is 6.61 Å². The van der Waals surface area contributed by atoms with Crippen LogP contribution in [0.5, 0.6) is 5.75 Å². The van der Waals surface area contributed by atoms with Gasteiger partial charge in [-0.1, -0.05) is 12.1 Å². The molecule has 0 amide bonds. The first-order chi connectivity index (χ1) is 10.6.